The average molecular weight is 192 g/mol. The minimum absolute atomic E-state index is 0.0982. The Bertz CT molecular complexity index is 283. The summed E-state index contributed by atoms with van der Waals surface area (Å²) in [6.07, 6.45) is 0.00891. The molecule has 1 unspecified atom stereocenters. The average Bonchev–Trinajstić information content (AvgIpc) is 2.16. The number of carbonyl (C=O) groups is 1. The van der Waals surface area contributed by atoms with E-state index in [9.17, 15) is 9.90 Å². The maximum atomic E-state index is 11.3. The number of hydrogen-bond donors (Lipinski definition) is 1. The standard InChI is InChI=1S/C11H14NO2/c1-9(13)7-8-11(14)12-10-5-3-2-4-6-10/h2-6,9H,7-8H2,1H3,(H,12,14). The van der Waals surface area contributed by atoms with Crippen molar-refractivity contribution in [3.8, 4) is 0 Å². The van der Waals surface area contributed by atoms with Crippen molar-refractivity contribution in [1.29, 1.82) is 0 Å². The topological polar surface area (TPSA) is 49.0 Å². The Morgan fingerprint density at radius 2 is 2.00 bits per heavy atom. The number of rotatable bonds is 4. The highest BCUT2D eigenvalue weighted by Gasteiger charge is 2.04. The number of amides is 1. The van der Waals surface area contributed by atoms with E-state index in [0.29, 0.717) is 12.8 Å². The van der Waals surface area contributed by atoms with Crippen molar-refractivity contribution in [2.24, 2.45) is 0 Å². The van der Waals surface area contributed by atoms with Gasteiger partial charge in [0.05, 0.1) is 6.10 Å². The Morgan fingerprint density at radius 1 is 1.36 bits per heavy atom. The Labute approximate surface area is 83.8 Å². The van der Waals surface area contributed by atoms with Crippen LogP contribution < -0.4 is 5.32 Å². The van der Waals surface area contributed by atoms with Gasteiger partial charge in [-0.25, -0.2) is 5.11 Å². The van der Waals surface area contributed by atoms with Crippen molar-refractivity contribution in [3.63, 3.8) is 0 Å². The lowest BCUT2D eigenvalue weighted by atomic mass is 10.2. The van der Waals surface area contributed by atoms with E-state index in [1.807, 2.05) is 30.3 Å². The van der Waals surface area contributed by atoms with Gasteiger partial charge < -0.3 is 5.32 Å². The number of nitrogens with one attached hydrogen (secondary N) is 1. The van der Waals surface area contributed by atoms with Gasteiger partial charge in [0.1, 0.15) is 0 Å². The molecule has 0 aromatic heterocycles. The number of benzene rings is 1. The van der Waals surface area contributed by atoms with Crippen LogP contribution in [0.2, 0.25) is 0 Å². The zero-order valence-electron chi connectivity index (χ0n) is 8.19. The summed E-state index contributed by atoms with van der Waals surface area (Å²) in [6.45, 7) is 1.57. The molecule has 3 heteroatoms. The lowest BCUT2D eigenvalue weighted by molar-refractivity contribution is -0.116. The predicted octanol–water partition coefficient (Wildman–Crippen LogP) is 2.22. The quantitative estimate of drug-likeness (QED) is 0.781. The second kappa shape index (κ2) is 5.40. The monoisotopic (exact) mass is 192 g/mol. The van der Waals surface area contributed by atoms with E-state index in [1.165, 1.54) is 0 Å². The second-order valence-electron chi connectivity index (χ2n) is 3.26. The molecule has 3 nitrogen and oxygen atoms in total. The van der Waals surface area contributed by atoms with E-state index < -0.39 is 6.10 Å². The fourth-order valence-electron chi connectivity index (χ4n) is 1.08. The van der Waals surface area contributed by atoms with E-state index in [0.717, 1.165) is 5.69 Å². The van der Waals surface area contributed by atoms with Gasteiger partial charge in [0.15, 0.2) is 0 Å². The fourth-order valence-corrected chi connectivity index (χ4v) is 1.08. The van der Waals surface area contributed by atoms with Crippen LogP contribution >= 0.6 is 0 Å². The molecule has 0 spiro atoms. The first-order chi connectivity index (χ1) is 6.68. The van der Waals surface area contributed by atoms with E-state index in [1.54, 1.807) is 6.92 Å². The first-order valence-corrected chi connectivity index (χ1v) is 4.69. The lowest BCUT2D eigenvalue weighted by Crippen LogP contribution is -2.13. The van der Waals surface area contributed by atoms with Gasteiger partial charge in [0, 0.05) is 12.1 Å². The highest BCUT2D eigenvalue weighted by atomic mass is 16.3. The molecule has 14 heavy (non-hydrogen) atoms. The zero-order chi connectivity index (χ0) is 10.4. The molecule has 0 saturated heterocycles. The van der Waals surface area contributed by atoms with Crippen molar-refractivity contribution < 1.29 is 9.90 Å². The maximum absolute atomic E-state index is 11.3. The Balaban J connectivity index is 2.35. The number of hydrogen-bond acceptors (Lipinski definition) is 1. The van der Waals surface area contributed by atoms with Crippen molar-refractivity contribution in [2.75, 3.05) is 5.32 Å². The minimum Gasteiger partial charge on any atom is -0.326 e. The Morgan fingerprint density at radius 3 is 2.57 bits per heavy atom. The SMILES string of the molecule is CC([O])CCC(=O)Nc1ccccc1. The summed E-state index contributed by atoms with van der Waals surface area (Å²) >= 11 is 0. The third-order valence-electron chi connectivity index (χ3n) is 1.84. The summed E-state index contributed by atoms with van der Waals surface area (Å²) in [4.78, 5) is 11.3. The molecule has 0 aliphatic heterocycles. The minimum atomic E-state index is -0.670. The van der Waals surface area contributed by atoms with Gasteiger partial charge >= 0.3 is 0 Å². The van der Waals surface area contributed by atoms with Gasteiger partial charge in [-0.1, -0.05) is 18.2 Å². The van der Waals surface area contributed by atoms with E-state index >= 15 is 0 Å². The number of anilines is 1. The van der Waals surface area contributed by atoms with Crippen LogP contribution in [0.3, 0.4) is 0 Å². The van der Waals surface area contributed by atoms with Gasteiger partial charge in [-0.2, -0.15) is 0 Å². The molecule has 1 rings (SSSR count). The van der Waals surface area contributed by atoms with Crippen molar-refractivity contribution >= 4 is 11.6 Å². The summed E-state index contributed by atoms with van der Waals surface area (Å²) < 4.78 is 0. The molecule has 75 valence electrons. The molecule has 0 aliphatic carbocycles. The molecule has 0 fully saturated rings. The summed E-state index contributed by atoms with van der Waals surface area (Å²) in [6, 6.07) is 9.23. The zero-order valence-corrected chi connectivity index (χ0v) is 8.19. The van der Waals surface area contributed by atoms with Crippen LogP contribution in [0.1, 0.15) is 19.8 Å². The molecule has 0 bridgehead atoms. The molecule has 0 heterocycles. The fraction of sp³-hybridized carbons (Fsp3) is 0.364. The smallest absolute Gasteiger partial charge is 0.224 e. The Kier molecular flexibility index (Phi) is 4.13. The molecule has 0 aliphatic rings. The van der Waals surface area contributed by atoms with E-state index in [-0.39, 0.29) is 5.91 Å². The summed E-state index contributed by atoms with van der Waals surface area (Å²) in [5.74, 6) is -0.0982. The first-order valence-electron chi connectivity index (χ1n) is 4.69. The van der Waals surface area contributed by atoms with Gasteiger partial charge in [-0.3, -0.25) is 4.79 Å². The molecule has 1 amide bonds. The third kappa shape index (κ3) is 4.05. The largest absolute Gasteiger partial charge is 0.326 e. The summed E-state index contributed by atoms with van der Waals surface area (Å²) in [7, 11) is 0. The highest BCUT2D eigenvalue weighted by Crippen LogP contribution is 2.06. The van der Waals surface area contributed by atoms with E-state index in [2.05, 4.69) is 5.32 Å². The van der Waals surface area contributed by atoms with Crippen LogP contribution in [0.5, 0.6) is 0 Å². The van der Waals surface area contributed by atoms with Gasteiger partial charge in [0.25, 0.3) is 0 Å². The molecular formula is C11H14NO2. The molecule has 1 radical (unpaired) electrons. The van der Waals surface area contributed by atoms with Crippen LogP contribution in [0.4, 0.5) is 5.69 Å². The lowest BCUT2D eigenvalue weighted by Gasteiger charge is -2.04. The van der Waals surface area contributed by atoms with Gasteiger partial charge in [-0.05, 0) is 25.5 Å². The maximum Gasteiger partial charge on any atom is 0.224 e. The molecule has 1 N–H and O–H groups in total. The van der Waals surface area contributed by atoms with Crippen LogP contribution in [0, 0.1) is 0 Å². The molecular weight excluding hydrogens is 178 g/mol. The van der Waals surface area contributed by atoms with Crippen LogP contribution in [0.15, 0.2) is 30.3 Å². The van der Waals surface area contributed by atoms with Crippen molar-refractivity contribution in [1.82, 2.24) is 0 Å². The van der Waals surface area contributed by atoms with Crippen molar-refractivity contribution in [2.45, 2.75) is 25.9 Å². The number of para-hydroxylation sites is 1. The van der Waals surface area contributed by atoms with Crippen LogP contribution in [-0.4, -0.2) is 12.0 Å². The first kappa shape index (κ1) is 10.7. The van der Waals surface area contributed by atoms with Crippen LogP contribution in [0.25, 0.3) is 0 Å². The second-order valence-corrected chi connectivity index (χ2v) is 3.26. The predicted molar refractivity (Wildman–Crippen MR) is 54.5 cm³/mol. The number of carbonyl (C=O) groups excluding carboxylic acids is 1. The summed E-state index contributed by atoms with van der Waals surface area (Å²) in [5.41, 5.74) is 0.774. The molecule has 1 aromatic carbocycles. The van der Waals surface area contributed by atoms with E-state index in [4.69, 9.17) is 0 Å². The highest BCUT2D eigenvalue weighted by molar-refractivity contribution is 5.90. The molecule has 1 atom stereocenters. The van der Waals surface area contributed by atoms with Gasteiger partial charge in [-0.15, -0.1) is 0 Å². The normalized spacial score (nSPS) is 12.1. The third-order valence-corrected chi connectivity index (χ3v) is 1.84. The summed E-state index contributed by atoms with van der Waals surface area (Å²) in [5, 5.41) is 13.4. The van der Waals surface area contributed by atoms with Crippen molar-refractivity contribution in [3.05, 3.63) is 30.3 Å². The molecule has 0 saturated carbocycles. The van der Waals surface area contributed by atoms with Gasteiger partial charge in [0.2, 0.25) is 5.91 Å². The molecule has 1 aromatic rings. The Hall–Kier alpha value is -1.35. The van der Waals surface area contributed by atoms with Crippen LogP contribution in [-0.2, 0) is 9.90 Å².